The summed E-state index contributed by atoms with van der Waals surface area (Å²) in [6.07, 6.45) is 0. The van der Waals surface area contributed by atoms with Crippen molar-refractivity contribution in [3.05, 3.63) is 47.0 Å². The van der Waals surface area contributed by atoms with Gasteiger partial charge in [-0.2, -0.15) is 0 Å². The van der Waals surface area contributed by atoms with Crippen LogP contribution in [0.4, 0.5) is 0 Å². The predicted molar refractivity (Wildman–Crippen MR) is 78.0 cm³/mol. The minimum absolute atomic E-state index is 0.0258. The van der Waals surface area contributed by atoms with Crippen molar-refractivity contribution in [3.8, 4) is 23.0 Å². The summed E-state index contributed by atoms with van der Waals surface area (Å²) < 4.78 is 5.13. The first-order chi connectivity index (χ1) is 10.1. The van der Waals surface area contributed by atoms with Crippen LogP contribution in [-0.4, -0.2) is 29.0 Å². The quantitative estimate of drug-likeness (QED) is 0.679. The Morgan fingerprint density at radius 1 is 1.10 bits per heavy atom. The normalized spacial score (nSPS) is 17.3. The molecule has 0 amide bonds. The van der Waals surface area contributed by atoms with Gasteiger partial charge in [0.25, 0.3) is 0 Å². The molecule has 0 bridgehead atoms. The fraction of sp³-hybridized carbons (Fsp3) is 0.250. The van der Waals surface area contributed by atoms with Gasteiger partial charge < -0.3 is 25.4 Å². The van der Waals surface area contributed by atoms with E-state index in [1.165, 1.54) is 13.2 Å². The summed E-state index contributed by atoms with van der Waals surface area (Å²) in [6.45, 7) is 1.20. The first-order valence-corrected chi connectivity index (χ1v) is 6.73. The van der Waals surface area contributed by atoms with E-state index in [1.807, 2.05) is 6.07 Å². The van der Waals surface area contributed by atoms with Gasteiger partial charge >= 0.3 is 0 Å². The average molecular weight is 287 g/mol. The molecule has 0 aromatic heterocycles. The summed E-state index contributed by atoms with van der Waals surface area (Å²) >= 11 is 0. The number of benzene rings is 2. The van der Waals surface area contributed by atoms with Gasteiger partial charge in [-0.15, -0.1) is 0 Å². The van der Waals surface area contributed by atoms with E-state index in [4.69, 9.17) is 4.74 Å². The third kappa shape index (κ3) is 2.25. The molecule has 0 aliphatic carbocycles. The van der Waals surface area contributed by atoms with Crippen LogP contribution in [0.25, 0.3) is 0 Å². The predicted octanol–water partition coefficient (Wildman–Crippen LogP) is 2.05. The lowest BCUT2D eigenvalue weighted by Crippen LogP contribution is -2.29. The Bertz CT molecular complexity index is 684. The largest absolute Gasteiger partial charge is 0.508 e. The number of aromatic hydroxyl groups is 3. The molecule has 0 fully saturated rings. The molecule has 0 unspecified atom stereocenters. The number of nitrogens with one attached hydrogen (secondary N) is 1. The van der Waals surface area contributed by atoms with Crippen LogP contribution in [0.5, 0.6) is 23.0 Å². The number of hydrogen-bond donors (Lipinski definition) is 4. The molecule has 0 saturated heterocycles. The molecule has 1 aliphatic rings. The van der Waals surface area contributed by atoms with Crippen molar-refractivity contribution in [2.24, 2.45) is 0 Å². The Hall–Kier alpha value is -2.40. The summed E-state index contributed by atoms with van der Waals surface area (Å²) in [7, 11) is 1.51. The molecule has 110 valence electrons. The third-order valence-electron chi connectivity index (χ3n) is 3.92. The molecular formula is C16H17NO4. The van der Waals surface area contributed by atoms with Crippen molar-refractivity contribution in [3.63, 3.8) is 0 Å². The highest BCUT2D eigenvalue weighted by Crippen LogP contribution is 2.41. The number of phenols is 3. The van der Waals surface area contributed by atoms with Crippen LogP contribution in [0.15, 0.2) is 30.3 Å². The van der Waals surface area contributed by atoms with E-state index in [9.17, 15) is 15.3 Å². The van der Waals surface area contributed by atoms with Crippen LogP contribution < -0.4 is 10.1 Å². The fourth-order valence-corrected chi connectivity index (χ4v) is 2.86. The average Bonchev–Trinajstić information content (AvgIpc) is 2.48. The van der Waals surface area contributed by atoms with Crippen LogP contribution >= 0.6 is 0 Å². The van der Waals surface area contributed by atoms with Crippen molar-refractivity contribution in [1.29, 1.82) is 0 Å². The summed E-state index contributed by atoms with van der Waals surface area (Å²) in [4.78, 5) is 0. The van der Waals surface area contributed by atoms with Gasteiger partial charge in [0.05, 0.1) is 7.11 Å². The minimum atomic E-state index is -0.0915. The second-order valence-electron chi connectivity index (χ2n) is 5.11. The van der Waals surface area contributed by atoms with Crippen LogP contribution in [0, 0.1) is 0 Å². The molecule has 0 saturated carbocycles. The number of methoxy groups -OCH3 is 1. The van der Waals surface area contributed by atoms with Gasteiger partial charge in [0.1, 0.15) is 11.5 Å². The zero-order chi connectivity index (χ0) is 15.0. The molecule has 5 nitrogen and oxygen atoms in total. The highest BCUT2D eigenvalue weighted by Gasteiger charge is 2.27. The van der Waals surface area contributed by atoms with Crippen molar-refractivity contribution < 1.29 is 20.1 Å². The van der Waals surface area contributed by atoms with Gasteiger partial charge in [-0.1, -0.05) is 12.1 Å². The van der Waals surface area contributed by atoms with Crippen molar-refractivity contribution in [1.82, 2.24) is 5.32 Å². The maximum absolute atomic E-state index is 10.2. The smallest absolute Gasteiger partial charge is 0.162 e. The third-order valence-corrected chi connectivity index (χ3v) is 3.92. The lowest BCUT2D eigenvalue weighted by atomic mass is 9.84. The van der Waals surface area contributed by atoms with Crippen molar-refractivity contribution in [2.75, 3.05) is 13.7 Å². The van der Waals surface area contributed by atoms with Gasteiger partial charge in [-0.25, -0.2) is 0 Å². The Kier molecular flexibility index (Phi) is 3.35. The topological polar surface area (TPSA) is 82.0 Å². The Morgan fingerprint density at radius 2 is 1.86 bits per heavy atom. The molecule has 2 aromatic carbocycles. The maximum Gasteiger partial charge on any atom is 0.162 e. The van der Waals surface area contributed by atoms with E-state index in [1.54, 1.807) is 18.2 Å². The van der Waals surface area contributed by atoms with Crippen LogP contribution in [0.1, 0.15) is 22.6 Å². The number of ether oxygens (including phenoxy) is 1. The monoisotopic (exact) mass is 287 g/mol. The first kappa shape index (κ1) is 13.6. The Morgan fingerprint density at radius 3 is 2.57 bits per heavy atom. The number of phenolic OH excluding ortho intramolecular Hbond substituents is 3. The van der Waals surface area contributed by atoms with Crippen molar-refractivity contribution >= 4 is 0 Å². The van der Waals surface area contributed by atoms with Gasteiger partial charge in [0, 0.05) is 36.2 Å². The summed E-state index contributed by atoms with van der Waals surface area (Å²) in [6, 6.07) is 8.21. The summed E-state index contributed by atoms with van der Waals surface area (Å²) in [5, 5.41) is 33.0. The molecule has 1 aliphatic heterocycles. The SMILES string of the molecule is COc1ccc2c(c1O)CNC[C@@H]2c1ccc(O)cc1O. The van der Waals surface area contributed by atoms with E-state index in [0.717, 1.165) is 11.1 Å². The van der Waals surface area contributed by atoms with E-state index in [-0.39, 0.29) is 23.2 Å². The van der Waals surface area contributed by atoms with E-state index < -0.39 is 0 Å². The number of rotatable bonds is 2. The lowest BCUT2D eigenvalue weighted by Gasteiger charge is -2.28. The zero-order valence-electron chi connectivity index (χ0n) is 11.6. The van der Waals surface area contributed by atoms with E-state index >= 15 is 0 Å². The maximum atomic E-state index is 10.2. The minimum Gasteiger partial charge on any atom is -0.508 e. The molecule has 2 aromatic rings. The highest BCUT2D eigenvalue weighted by atomic mass is 16.5. The van der Waals surface area contributed by atoms with Crippen LogP contribution in [0.3, 0.4) is 0 Å². The molecule has 1 heterocycles. The second-order valence-corrected chi connectivity index (χ2v) is 5.11. The van der Waals surface area contributed by atoms with Gasteiger partial charge in [-0.05, 0) is 17.7 Å². The summed E-state index contributed by atoms with van der Waals surface area (Å²) in [5.74, 6) is 0.547. The second kappa shape index (κ2) is 5.18. The molecule has 3 rings (SSSR count). The molecule has 0 spiro atoms. The molecular weight excluding hydrogens is 270 g/mol. The first-order valence-electron chi connectivity index (χ1n) is 6.73. The van der Waals surface area contributed by atoms with Gasteiger partial charge in [0.15, 0.2) is 11.5 Å². The van der Waals surface area contributed by atoms with Gasteiger partial charge in [0.2, 0.25) is 0 Å². The fourth-order valence-electron chi connectivity index (χ4n) is 2.86. The van der Waals surface area contributed by atoms with Crippen molar-refractivity contribution in [2.45, 2.75) is 12.5 Å². The standard InChI is InChI=1S/C16H17NO4/c1-21-15-5-4-10-12(7-17-8-13(10)16(15)20)11-3-2-9(18)6-14(11)19/h2-6,12,17-20H,7-8H2,1H3/t12-/m0/s1. The molecule has 0 radical (unpaired) electrons. The number of hydrogen-bond acceptors (Lipinski definition) is 5. The molecule has 21 heavy (non-hydrogen) atoms. The summed E-state index contributed by atoms with van der Waals surface area (Å²) in [5.41, 5.74) is 2.44. The van der Waals surface area contributed by atoms with E-state index in [2.05, 4.69) is 5.32 Å². The van der Waals surface area contributed by atoms with Crippen LogP contribution in [0.2, 0.25) is 0 Å². The van der Waals surface area contributed by atoms with Gasteiger partial charge in [-0.3, -0.25) is 0 Å². The Labute approximate surface area is 122 Å². The zero-order valence-corrected chi connectivity index (χ0v) is 11.6. The Balaban J connectivity index is 2.10. The molecule has 1 atom stereocenters. The lowest BCUT2D eigenvalue weighted by molar-refractivity contribution is 0.366. The molecule has 5 heteroatoms. The van der Waals surface area contributed by atoms with E-state index in [0.29, 0.717) is 24.4 Å². The highest BCUT2D eigenvalue weighted by molar-refractivity contribution is 5.55. The molecule has 4 N–H and O–H groups in total. The van der Waals surface area contributed by atoms with Crippen LogP contribution in [-0.2, 0) is 6.54 Å². The number of fused-ring (bicyclic) bond motifs is 1.